The van der Waals surface area contributed by atoms with E-state index in [4.69, 9.17) is 0 Å². The maximum atomic E-state index is 12.3. The van der Waals surface area contributed by atoms with Crippen molar-refractivity contribution in [1.82, 2.24) is 10.2 Å². The molecule has 2 heterocycles. The van der Waals surface area contributed by atoms with Crippen LogP contribution in [0.3, 0.4) is 0 Å². The molecule has 0 spiro atoms. The zero-order valence-electron chi connectivity index (χ0n) is 12.0. The SMILES string of the molecule is FC(F)Oc1ccc([C@@H](c2ccsc2)N2CCNCC2)cc1. The number of alkyl halides is 2. The summed E-state index contributed by atoms with van der Waals surface area (Å²) in [6.07, 6.45) is 0. The summed E-state index contributed by atoms with van der Waals surface area (Å²) >= 11 is 1.67. The molecule has 0 saturated carbocycles. The molecule has 1 aromatic carbocycles. The normalized spacial score (nSPS) is 17.6. The Kier molecular flexibility index (Phi) is 5.02. The Bertz CT molecular complexity index is 568. The van der Waals surface area contributed by atoms with Crippen molar-refractivity contribution in [3.63, 3.8) is 0 Å². The fourth-order valence-corrected chi connectivity index (χ4v) is 3.50. The first-order chi connectivity index (χ1) is 10.7. The molecule has 118 valence electrons. The molecular weight excluding hydrogens is 306 g/mol. The van der Waals surface area contributed by atoms with Gasteiger partial charge in [-0.05, 0) is 40.1 Å². The fourth-order valence-electron chi connectivity index (χ4n) is 2.82. The Labute approximate surface area is 132 Å². The van der Waals surface area contributed by atoms with E-state index in [9.17, 15) is 8.78 Å². The highest BCUT2D eigenvalue weighted by molar-refractivity contribution is 7.08. The van der Waals surface area contributed by atoms with E-state index in [0.717, 1.165) is 31.7 Å². The minimum Gasteiger partial charge on any atom is -0.435 e. The highest BCUT2D eigenvalue weighted by Crippen LogP contribution is 2.31. The molecule has 3 nitrogen and oxygen atoms in total. The maximum absolute atomic E-state index is 12.3. The molecule has 0 aliphatic carbocycles. The number of nitrogens with zero attached hydrogens (tertiary/aromatic N) is 1. The molecular formula is C16H18F2N2OS. The number of hydrogen-bond acceptors (Lipinski definition) is 4. The molecule has 1 aliphatic rings. The summed E-state index contributed by atoms with van der Waals surface area (Å²) in [5.41, 5.74) is 2.34. The van der Waals surface area contributed by atoms with Crippen LogP contribution < -0.4 is 10.1 Å². The van der Waals surface area contributed by atoms with Gasteiger partial charge in [0.05, 0.1) is 6.04 Å². The van der Waals surface area contributed by atoms with Crippen LogP contribution in [0.1, 0.15) is 17.2 Å². The van der Waals surface area contributed by atoms with Gasteiger partial charge in [0.25, 0.3) is 0 Å². The van der Waals surface area contributed by atoms with E-state index < -0.39 is 6.61 Å². The maximum Gasteiger partial charge on any atom is 0.387 e. The number of hydrogen-bond donors (Lipinski definition) is 1. The van der Waals surface area contributed by atoms with Gasteiger partial charge in [-0.1, -0.05) is 12.1 Å². The minimum atomic E-state index is -2.79. The molecule has 1 fully saturated rings. The summed E-state index contributed by atoms with van der Waals surface area (Å²) in [6, 6.07) is 9.27. The Hall–Kier alpha value is -1.50. The molecule has 3 rings (SSSR count). The van der Waals surface area contributed by atoms with Gasteiger partial charge in [-0.2, -0.15) is 20.1 Å². The summed E-state index contributed by atoms with van der Waals surface area (Å²) in [5.74, 6) is 0.197. The summed E-state index contributed by atoms with van der Waals surface area (Å²) in [6.45, 7) is 1.08. The summed E-state index contributed by atoms with van der Waals surface area (Å²) < 4.78 is 28.9. The predicted octanol–water partition coefficient (Wildman–Crippen LogP) is 3.34. The average molecular weight is 324 g/mol. The number of piperazine rings is 1. The fraction of sp³-hybridized carbons (Fsp3) is 0.375. The van der Waals surface area contributed by atoms with Crippen LogP contribution in [-0.2, 0) is 0 Å². The number of halogens is 2. The second-order valence-electron chi connectivity index (χ2n) is 5.19. The van der Waals surface area contributed by atoms with Gasteiger partial charge >= 0.3 is 6.61 Å². The summed E-state index contributed by atoms with van der Waals surface area (Å²) in [4.78, 5) is 2.42. The molecule has 1 atom stereocenters. The predicted molar refractivity (Wildman–Crippen MR) is 83.7 cm³/mol. The van der Waals surface area contributed by atoms with Gasteiger partial charge in [-0.15, -0.1) is 0 Å². The van der Waals surface area contributed by atoms with Gasteiger partial charge in [0.2, 0.25) is 0 Å². The van der Waals surface area contributed by atoms with Crippen LogP contribution >= 0.6 is 11.3 Å². The monoisotopic (exact) mass is 324 g/mol. The van der Waals surface area contributed by atoms with Crippen molar-refractivity contribution >= 4 is 11.3 Å². The van der Waals surface area contributed by atoms with Crippen molar-refractivity contribution in [2.75, 3.05) is 26.2 Å². The first-order valence-electron chi connectivity index (χ1n) is 7.25. The number of rotatable bonds is 5. The first kappa shape index (κ1) is 15.4. The highest BCUT2D eigenvalue weighted by Gasteiger charge is 2.24. The lowest BCUT2D eigenvalue weighted by atomic mass is 9.99. The number of thiophene rings is 1. The number of nitrogens with one attached hydrogen (secondary N) is 1. The van der Waals surface area contributed by atoms with Gasteiger partial charge in [0.1, 0.15) is 5.75 Å². The molecule has 0 bridgehead atoms. The number of ether oxygens (including phenoxy) is 1. The largest absolute Gasteiger partial charge is 0.435 e. The Morgan fingerprint density at radius 1 is 1.05 bits per heavy atom. The van der Waals surface area contributed by atoms with E-state index in [1.165, 1.54) is 5.56 Å². The third kappa shape index (κ3) is 3.63. The van der Waals surface area contributed by atoms with Crippen LogP contribution in [0.15, 0.2) is 41.1 Å². The van der Waals surface area contributed by atoms with Crippen LogP contribution in [-0.4, -0.2) is 37.7 Å². The molecule has 0 radical (unpaired) electrons. The van der Waals surface area contributed by atoms with Crippen molar-refractivity contribution in [3.8, 4) is 5.75 Å². The van der Waals surface area contributed by atoms with Crippen LogP contribution in [0.2, 0.25) is 0 Å². The molecule has 1 aliphatic heterocycles. The average Bonchev–Trinajstić information content (AvgIpc) is 3.04. The topological polar surface area (TPSA) is 24.5 Å². The van der Waals surface area contributed by atoms with Crippen molar-refractivity contribution in [2.45, 2.75) is 12.7 Å². The van der Waals surface area contributed by atoms with E-state index in [0.29, 0.717) is 0 Å². The van der Waals surface area contributed by atoms with Gasteiger partial charge < -0.3 is 10.1 Å². The van der Waals surface area contributed by atoms with E-state index in [-0.39, 0.29) is 11.8 Å². The minimum absolute atomic E-state index is 0.161. The molecule has 1 saturated heterocycles. The smallest absolute Gasteiger partial charge is 0.387 e. The zero-order chi connectivity index (χ0) is 15.4. The van der Waals surface area contributed by atoms with Crippen LogP contribution in [0.25, 0.3) is 0 Å². The van der Waals surface area contributed by atoms with Crippen molar-refractivity contribution < 1.29 is 13.5 Å². The van der Waals surface area contributed by atoms with Crippen LogP contribution in [0.5, 0.6) is 5.75 Å². The lowest BCUT2D eigenvalue weighted by molar-refractivity contribution is -0.0498. The van der Waals surface area contributed by atoms with E-state index in [1.54, 1.807) is 23.5 Å². The van der Waals surface area contributed by atoms with Crippen molar-refractivity contribution in [3.05, 3.63) is 52.2 Å². The van der Waals surface area contributed by atoms with Crippen molar-refractivity contribution in [1.29, 1.82) is 0 Å². The number of benzene rings is 1. The molecule has 2 aromatic rings. The van der Waals surface area contributed by atoms with E-state index in [1.807, 2.05) is 12.1 Å². The standard InChI is InChI=1S/C16H18F2N2OS/c17-16(18)21-14-3-1-12(2-4-14)15(13-5-10-22-11-13)20-8-6-19-7-9-20/h1-5,10-11,15-16,19H,6-9H2/t15-/m0/s1. The third-order valence-electron chi connectivity index (χ3n) is 3.80. The molecule has 6 heteroatoms. The molecule has 1 aromatic heterocycles. The molecule has 0 amide bonds. The van der Waals surface area contributed by atoms with E-state index >= 15 is 0 Å². The lowest BCUT2D eigenvalue weighted by Gasteiger charge is -2.35. The second kappa shape index (κ2) is 7.17. The Morgan fingerprint density at radius 3 is 2.36 bits per heavy atom. The zero-order valence-corrected chi connectivity index (χ0v) is 12.9. The van der Waals surface area contributed by atoms with Gasteiger partial charge in [0, 0.05) is 26.2 Å². The quantitative estimate of drug-likeness (QED) is 0.913. The van der Waals surface area contributed by atoms with Gasteiger partial charge in [0.15, 0.2) is 0 Å². The van der Waals surface area contributed by atoms with Gasteiger partial charge in [-0.25, -0.2) is 0 Å². The Balaban J connectivity index is 1.85. The summed E-state index contributed by atoms with van der Waals surface area (Å²) in [5, 5.41) is 7.57. The summed E-state index contributed by atoms with van der Waals surface area (Å²) in [7, 11) is 0. The highest BCUT2D eigenvalue weighted by atomic mass is 32.1. The molecule has 1 N–H and O–H groups in total. The van der Waals surface area contributed by atoms with Crippen LogP contribution in [0, 0.1) is 0 Å². The Morgan fingerprint density at radius 2 is 1.77 bits per heavy atom. The first-order valence-corrected chi connectivity index (χ1v) is 8.20. The van der Waals surface area contributed by atoms with E-state index in [2.05, 4.69) is 31.8 Å². The van der Waals surface area contributed by atoms with Crippen LogP contribution in [0.4, 0.5) is 8.78 Å². The third-order valence-corrected chi connectivity index (χ3v) is 4.50. The lowest BCUT2D eigenvalue weighted by Crippen LogP contribution is -2.45. The molecule has 0 unspecified atom stereocenters. The van der Waals surface area contributed by atoms with Gasteiger partial charge in [-0.3, -0.25) is 4.90 Å². The molecule has 22 heavy (non-hydrogen) atoms. The van der Waals surface area contributed by atoms with Crippen molar-refractivity contribution in [2.24, 2.45) is 0 Å². The second-order valence-corrected chi connectivity index (χ2v) is 5.97.